The molecule has 104 valence electrons. The van der Waals surface area contributed by atoms with Crippen molar-refractivity contribution >= 4 is 11.6 Å². The van der Waals surface area contributed by atoms with Crippen LogP contribution < -0.4 is 0 Å². The van der Waals surface area contributed by atoms with Crippen molar-refractivity contribution in [2.75, 3.05) is 19.6 Å². The van der Waals surface area contributed by atoms with Gasteiger partial charge >= 0.3 is 0 Å². The molecule has 19 heavy (non-hydrogen) atoms. The van der Waals surface area contributed by atoms with Crippen LogP contribution in [0.25, 0.3) is 0 Å². The summed E-state index contributed by atoms with van der Waals surface area (Å²) < 4.78 is 0. The van der Waals surface area contributed by atoms with E-state index in [0.717, 1.165) is 38.0 Å². The zero-order chi connectivity index (χ0) is 14.7. The van der Waals surface area contributed by atoms with Crippen molar-refractivity contribution in [3.05, 3.63) is 22.4 Å². The SMILES string of the molecule is C#C/C(O)=C(Cl)\C=C(/C)CN(CCC#N)CCCC. The van der Waals surface area contributed by atoms with Crippen LogP contribution in [0.1, 0.15) is 33.1 Å². The maximum atomic E-state index is 9.30. The predicted octanol–water partition coefficient (Wildman–Crippen LogP) is 3.59. The Hall–Kier alpha value is -1.42. The Kier molecular flexibility index (Phi) is 9.71. The topological polar surface area (TPSA) is 47.3 Å². The van der Waals surface area contributed by atoms with E-state index in [4.69, 9.17) is 23.3 Å². The van der Waals surface area contributed by atoms with Gasteiger partial charge in [-0.25, -0.2) is 0 Å². The summed E-state index contributed by atoms with van der Waals surface area (Å²) in [6.45, 7) is 6.47. The van der Waals surface area contributed by atoms with E-state index in [9.17, 15) is 5.11 Å². The van der Waals surface area contributed by atoms with E-state index in [2.05, 4.69) is 23.8 Å². The van der Waals surface area contributed by atoms with Crippen molar-refractivity contribution in [3.63, 3.8) is 0 Å². The number of halogens is 1. The smallest absolute Gasteiger partial charge is 0.186 e. The van der Waals surface area contributed by atoms with Crippen LogP contribution in [0.3, 0.4) is 0 Å². The molecule has 0 aliphatic heterocycles. The molecule has 0 aromatic rings. The summed E-state index contributed by atoms with van der Waals surface area (Å²) >= 11 is 5.86. The number of rotatable bonds is 8. The molecule has 0 bridgehead atoms. The third-order valence-electron chi connectivity index (χ3n) is 2.58. The first kappa shape index (κ1) is 17.6. The lowest BCUT2D eigenvalue weighted by molar-refractivity contribution is 0.298. The van der Waals surface area contributed by atoms with Gasteiger partial charge in [-0.05, 0) is 31.9 Å². The number of unbranched alkanes of at least 4 members (excludes halogenated alkanes) is 1. The largest absolute Gasteiger partial charge is 0.500 e. The van der Waals surface area contributed by atoms with Gasteiger partial charge in [0.05, 0.1) is 11.1 Å². The summed E-state index contributed by atoms with van der Waals surface area (Å²) in [7, 11) is 0. The molecule has 3 nitrogen and oxygen atoms in total. The second kappa shape index (κ2) is 10.5. The number of hydrogen-bond acceptors (Lipinski definition) is 3. The van der Waals surface area contributed by atoms with Crippen LogP contribution in [0.4, 0.5) is 0 Å². The number of nitrogens with zero attached hydrogens (tertiary/aromatic N) is 2. The van der Waals surface area contributed by atoms with E-state index < -0.39 is 0 Å². The molecule has 0 aromatic carbocycles. The summed E-state index contributed by atoms with van der Waals surface area (Å²) in [6.07, 6.45) is 9.45. The van der Waals surface area contributed by atoms with Crippen molar-refractivity contribution < 1.29 is 5.11 Å². The van der Waals surface area contributed by atoms with Gasteiger partial charge in [0, 0.05) is 19.5 Å². The third-order valence-corrected chi connectivity index (χ3v) is 2.86. The fraction of sp³-hybridized carbons (Fsp3) is 0.533. The van der Waals surface area contributed by atoms with Gasteiger partial charge in [0.15, 0.2) is 5.76 Å². The minimum atomic E-state index is -0.252. The van der Waals surface area contributed by atoms with Crippen LogP contribution >= 0.6 is 11.6 Å². The second-order valence-corrected chi connectivity index (χ2v) is 4.78. The van der Waals surface area contributed by atoms with Gasteiger partial charge in [-0.1, -0.05) is 30.5 Å². The quantitative estimate of drug-likeness (QED) is 0.420. The van der Waals surface area contributed by atoms with E-state index in [1.807, 2.05) is 6.92 Å². The summed E-state index contributed by atoms with van der Waals surface area (Å²) in [6, 6.07) is 2.15. The Morgan fingerprint density at radius 2 is 2.16 bits per heavy atom. The molecule has 1 N–H and O–H groups in total. The highest BCUT2D eigenvalue weighted by Crippen LogP contribution is 2.12. The van der Waals surface area contributed by atoms with Crippen molar-refractivity contribution in [2.24, 2.45) is 0 Å². The Morgan fingerprint density at radius 3 is 2.68 bits per heavy atom. The summed E-state index contributed by atoms with van der Waals surface area (Å²) in [5.41, 5.74) is 1.00. The summed E-state index contributed by atoms with van der Waals surface area (Å²) in [5.74, 6) is 1.84. The fourth-order valence-corrected chi connectivity index (χ4v) is 1.85. The number of nitriles is 1. The molecule has 0 radical (unpaired) electrons. The van der Waals surface area contributed by atoms with Gasteiger partial charge in [-0.3, -0.25) is 4.90 Å². The molecule has 0 atom stereocenters. The standard InChI is InChI=1S/C15H21ClN2O/c1-4-6-9-18(10-7-8-17)12-13(3)11-14(16)15(19)5-2/h2,11,19H,4,6-7,9-10,12H2,1,3H3/b13-11+,15-14-. The minimum absolute atomic E-state index is 0.177. The molecule has 0 aromatic heterocycles. The molecule has 0 rings (SSSR count). The maximum absolute atomic E-state index is 9.30. The lowest BCUT2D eigenvalue weighted by atomic mass is 10.2. The normalized spacial score (nSPS) is 12.8. The highest BCUT2D eigenvalue weighted by atomic mass is 35.5. The molecular weight excluding hydrogens is 260 g/mol. The zero-order valence-electron chi connectivity index (χ0n) is 11.6. The van der Waals surface area contributed by atoms with Crippen molar-refractivity contribution in [3.8, 4) is 18.4 Å². The number of aliphatic hydroxyl groups excluding tert-OH is 1. The zero-order valence-corrected chi connectivity index (χ0v) is 12.4. The molecule has 0 fully saturated rings. The molecular formula is C15H21ClN2O. The van der Waals surface area contributed by atoms with E-state index in [1.54, 1.807) is 6.08 Å². The summed E-state index contributed by atoms with van der Waals surface area (Å²) in [4.78, 5) is 2.20. The number of hydrogen-bond donors (Lipinski definition) is 1. The average molecular weight is 281 g/mol. The van der Waals surface area contributed by atoms with E-state index in [1.165, 1.54) is 0 Å². The van der Waals surface area contributed by atoms with E-state index >= 15 is 0 Å². The number of terminal acetylenes is 1. The van der Waals surface area contributed by atoms with Gasteiger partial charge in [0.1, 0.15) is 0 Å². The monoisotopic (exact) mass is 280 g/mol. The van der Waals surface area contributed by atoms with Crippen LogP contribution in [0.5, 0.6) is 0 Å². The van der Waals surface area contributed by atoms with Crippen molar-refractivity contribution in [1.29, 1.82) is 5.26 Å². The molecule has 0 saturated heterocycles. The first-order valence-corrected chi connectivity index (χ1v) is 6.74. The van der Waals surface area contributed by atoms with Gasteiger partial charge in [0.25, 0.3) is 0 Å². The predicted molar refractivity (Wildman–Crippen MR) is 79.7 cm³/mol. The molecule has 0 unspecified atom stereocenters. The molecule has 4 heteroatoms. The lowest BCUT2D eigenvalue weighted by Gasteiger charge is -2.21. The van der Waals surface area contributed by atoms with Crippen molar-refractivity contribution in [1.82, 2.24) is 4.90 Å². The van der Waals surface area contributed by atoms with E-state index in [-0.39, 0.29) is 10.8 Å². The lowest BCUT2D eigenvalue weighted by Crippen LogP contribution is -2.27. The molecule has 0 heterocycles. The summed E-state index contributed by atoms with van der Waals surface area (Å²) in [5, 5.41) is 18.1. The van der Waals surface area contributed by atoms with Crippen LogP contribution in [0, 0.1) is 23.7 Å². The minimum Gasteiger partial charge on any atom is -0.500 e. The fourth-order valence-electron chi connectivity index (χ4n) is 1.61. The Labute approximate surface area is 121 Å². The molecule has 0 amide bonds. The van der Waals surface area contributed by atoms with Crippen molar-refractivity contribution in [2.45, 2.75) is 33.1 Å². The van der Waals surface area contributed by atoms with Gasteiger partial charge in [-0.15, -0.1) is 6.42 Å². The molecule has 0 aliphatic rings. The first-order valence-electron chi connectivity index (χ1n) is 6.37. The Balaban J connectivity index is 4.61. The van der Waals surface area contributed by atoms with Crippen LogP contribution in [-0.4, -0.2) is 29.6 Å². The van der Waals surface area contributed by atoms with Gasteiger partial charge in [0.2, 0.25) is 0 Å². The molecule has 0 spiro atoms. The number of allylic oxidation sites excluding steroid dienone is 3. The maximum Gasteiger partial charge on any atom is 0.186 e. The van der Waals surface area contributed by atoms with Crippen LogP contribution in [0.15, 0.2) is 22.4 Å². The molecule has 0 saturated carbocycles. The third kappa shape index (κ3) is 8.32. The van der Waals surface area contributed by atoms with Gasteiger partial charge in [-0.2, -0.15) is 5.26 Å². The average Bonchev–Trinajstić information content (AvgIpc) is 2.40. The molecule has 0 aliphatic carbocycles. The number of aliphatic hydroxyl groups is 1. The van der Waals surface area contributed by atoms with Gasteiger partial charge < -0.3 is 5.11 Å². The van der Waals surface area contributed by atoms with Crippen LogP contribution in [0.2, 0.25) is 0 Å². The highest BCUT2D eigenvalue weighted by Gasteiger charge is 2.06. The van der Waals surface area contributed by atoms with E-state index in [0.29, 0.717) is 6.42 Å². The second-order valence-electron chi connectivity index (χ2n) is 4.37. The Bertz CT molecular complexity index is 413. The van der Waals surface area contributed by atoms with Crippen LogP contribution in [-0.2, 0) is 0 Å². The first-order chi connectivity index (χ1) is 9.04. The highest BCUT2D eigenvalue weighted by molar-refractivity contribution is 6.31. The Morgan fingerprint density at radius 1 is 1.47 bits per heavy atom.